The molecule has 0 amide bonds. The second-order valence-electron chi connectivity index (χ2n) is 11.6. The standard InChI is InChI=1S/C37H39F2N5OS/c1-3-42(4-2)20-21-43-34(30-16-14-29(15-17-30)28-12-8-26(22-38)9-13-28)23-40-35(43)24-44-33-7-5-6-32(33)36(45)41-37(44)46-25-27-10-18-31(39)19-11-27/h8-19,23H,3-7,20-22,24-25H2,1-2H3. The molecule has 0 spiro atoms. The number of hydrogen-bond acceptors (Lipinski definition) is 5. The molecule has 1 aliphatic carbocycles. The minimum atomic E-state index is -0.467. The number of thioether (sulfide) groups is 1. The first-order valence-electron chi connectivity index (χ1n) is 16.0. The van der Waals surface area contributed by atoms with Crippen LogP contribution in [-0.2, 0) is 38.4 Å². The smallest absolute Gasteiger partial charge is 0.277 e. The molecule has 1 aliphatic rings. The molecule has 0 bridgehead atoms. The molecule has 0 radical (unpaired) electrons. The monoisotopic (exact) mass is 639 g/mol. The highest BCUT2D eigenvalue weighted by Crippen LogP contribution is 2.30. The normalized spacial score (nSPS) is 12.6. The molecule has 46 heavy (non-hydrogen) atoms. The Kier molecular flexibility index (Phi) is 10.1. The Labute approximate surface area is 273 Å². The summed E-state index contributed by atoms with van der Waals surface area (Å²) in [6.07, 6.45) is 4.46. The lowest BCUT2D eigenvalue weighted by atomic mass is 10.0. The van der Waals surface area contributed by atoms with E-state index in [1.807, 2.05) is 30.5 Å². The average molecular weight is 640 g/mol. The summed E-state index contributed by atoms with van der Waals surface area (Å²) in [5.74, 6) is 1.22. The number of alkyl halides is 1. The Morgan fingerprint density at radius 3 is 2.17 bits per heavy atom. The van der Waals surface area contributed by atoms with Crippen LogP contribution in [0, 0.1) is 5.82 Å². The van der Waals surface area contributed by atoms with Gasteiger partial charge in [0, 0.05) is 30.1 Å². The quantitative estimate of drug-likeness (QED) is 0.0984. The summed E-state index contributed by atoms with van der Waals surface area (Å²) in [5.41, 5.74) is 7.57. The molecular formula is C37H39F2N5OS. The number of fused-ring (bicyclic) bond motifs is 1. The lowest BCUT2D eigenvalue weighted by Crippen LogP contribution is -2.28. The molecule has 0 fully saturated rings. The first-order chi connectivity index (χ1) is 22.5. The van der Waals surface area contributed by atoms with Gasteiger partial charge in [-0.05, 0) is 72.3 Å². The Morgan fingerprint density at radius 1 is 0.848 bits per heavy atom. The zero-order valence-electron chi connectivity index (χ0n) is 26.4. The molecule has 238 valence electrons. The van der Waals surface area contributed by atoms with E-state index in [1.54, 1.807) is 12.1 Å². The number of benzene rings is 3. The van der Waals surface area contributed by atoms with Gasteiger partial charge in [0.25, 0.3) is 5.56 Å². The third kappa shape index (κ3) is 7.00. The Bertz CT molecular complexity index is 1830. The summed E-state index contributed by atoms with van der Waals surface area (Å²) in [6.45, 7) is 7.97. The van der Waals surface area contributed by atoms with Gasteiger partial charge in [-0.2, -0.15) is 4.98 Å². The molecule has 0 saturated carbocycles. The van der Waals surface area contributed by atoms with E-state index in [2.05, 4.69) is 57.1 Å². The molecule has 0 aliphatic heterocycles. The summed E-state index contributed by atoms with van der Waals surface area (Å²) >= 11 is 1.51. The number of nitrogens with zero attached hydrogens (tertiary/aromatic N) is 5. The lowest BCUT2D eigenvalue weighted by Gasteiger charge is -2.22. The summed E-state index contributed by atoms with van der Waals surface area (Å²) in [6, 6.07) is 22.5. The minimum absolute atomic E-state index is 0.143. The number of imidazole rings is 1. The Balaban J connectivity index is 1.34. The molecule has 0 unspecified atom stereocenters. The van der Waals surface area contributed by atoms with E-state index in [0.717, 1.165) is 90.5 Å². The molecule has 0 saturated heterocycles. The van der Waals surface area contributed by atoms with Crippen molar-refractivity contribution >= 4 is 11.8 Å². The number of hydrogen-bond donors (Lipinski definition) is 0. The van der Waals surface area contributed by atoms with Crippen LogP contribution in [0.5, 0.6) is 0 Å². The largest absolute Gasteiger partial charge is 0.325 e. The van der Waals surface area contributed by atoms with Crippen molar-refractivity contribution in [3.8, 4) is 22.4 Å². The van der Waals surface area contributed by atoms with Crippen LogP contribution in [0.1, 0.15) is 48.5 Å². The zero-order valence-corrected chi connectivity index (χ0v) is 27.2. The van der Waals surface area contributed by atoms with Crippen LogP contribution in [0.3, 0.4) is 0 Å². The van der Waals surface area contributed by atoms with Crippen molar-refractivity contribution < 1.29 is 8.78 Å². The molecule has 6 rings (SSSR count). The summed E-state index contributed by atoms with van der Waals surface area (Å²) in [7, 11) is 0. The van der Waals surface area contributed by atoms with Crippen molar-refractivity contribution in [1.29, 1.82) is 0 Å². The average Bonchev–Trinajstić information content (AvgIpc) is 3.75. The summed E-state index contributed by atoms with van der Waals surface area (Å²) in [4.78, 5) is 24.9. The molecular weight excluding hydrogens is 601 g/mol. The van der Waals surface area contributed by atoms with Gasteiger partial charge in [-0.3, -0.25) is 4.79 Å². The topological polar surface area (TPSA) is 56.0 Å². The first kappa shape index (κ1) is 31.9. The second kappa shape index (κ2) is 14.6. The summed E-state index contributed by atoms with van der Waals surface area (Å²) in [5, 5.41) is 0.665. The SMILES string of the molecule is CCN(CC)CCn1c(-c2ccc(-c3ccc(CF)cc3)cc2)cnc1Cn1c(SCc2ccc(F)cc2)nc(=O)c2c1CCC2. The van der Waals surface area contributed by atoms with Crippen molar-refractivity contribution in [2.45, 2.75) is 63.8 Å². The van der Waals surface area contributed by atoms with Crippen molar-refractivity contribution in [1.82, 2.24) is 24.0 Å². The van der Waals surface area contributed by atoms with E-state index in [1.165, 1.54) is 23.9 Å². The van der Waals surface area contributed by atoms with Crippen LogP contribution in [0.15, 0.2) is 88.9 Å². The highest BCUT2D eigenvalue weighted by atomic mass is 32.2. The van der Waals surface area contributed by atoms with Crippen molar-refractivity contribution in [3.05, 3.63) is 123 Å². The van der Waals surface area contributed by atoms with Gasteiger partial charge < -0.3 is 14.0 Å². The van der Waals surface area contributed by atoms with Gasteiger partial charge in [-0.15, -0.1) is 0 Å². The number of halogens is 2. The van der Waals surface area contributed by atoms with Crippen molar-refractivity contribution in [2.24, 2.45) is 0 Å². The van der Waals surface area contributed by atoms with Gasteiger partial charge in [-0.1, -0.05) is 86.3 Å². The molecule has 0 atom stereocenters. The lowest BCUT2D eigenvalue weighted by molar-refractivity contribution is 0.289. The van der Waals surface area contributed by atoms with Crippen molar-refractivity contribution in [3.63, 3.8) is 0 Å². The maximum Gasteiger partial charge on any atom is 0.277 e. The highest BCUT2D eigenvalue weighted by Gasteiger charge is 2.24. The molecule has 6 nitrogen and oxygen atoms in total. The Morgan fingerprint density at radius 2 is 1.50 bits per heavy atom. The second-order valence-corrected chi connectivity index (χ2v) is 12.6. The predicted molar refractivity (Wildman–Crippen MR) is 181 cm³/mol. The predicted octanol–water partition coefficient (Wildman–Crippen LogP) is 7.55. The fraction of sp³-hybridized carbons (Fsp3) is 0.324. The molecule has 2 heterocycles. The minimum Gasteiger partial charge on any atom is -0.325 e. The Hall–Kier alpha value is -4.08. The van der Waals surface area contributed by atoms with E-state index < -0.39 is 6.67 Å². The third-order valence-corrected chi connectivity index (χ3v) is 9.92. The molecule has 9 heteroatoms. The van der Waals surface area contributed by atoms with Gasteiger partial charge in [0.1, 0.15) is 18.3 Å². The van der Waals surface area contributed by atoms with E-state index in [9.17, 15) is 13.6 Å². The molecule has 0 N–H and O–H groups in total. The fourth-order valence-corrected chi connectivity index (χ4v) is 7.12. The van der Waals surface area contributed by atoms with Crippen LogP contribution >= 0.6 is 11.8 Å². The molecule has 2 aromatic heterocycles. The number of rotatable bonds is 13. The van der Waals surface area contributed by atoms with E-state index in [4.69, 9.17) is 4.98 Å². The first-order valence-corrected chi connectivity index (χ1v) is 17.0. The third-order valence-electron chi connectivity index (χ3n) is 8.88. The maximum atomic E-state index is 13.5. The molecule has 3 aromatic carbocycles. The van der Waals surface area contributed by atoms with Crippen LogP contribution < -0.4 is 5.56 Å². The van der Waals surface area contributed by atoms with E-state index >= 15 is 0 Å². The maximum absolute atomic E-state index is 13.5. The highest BCUT2D eigenvalue weighted by molar-refractivity contribution is 7.98. The molecule has 5 aromatic rings. The van der Waals surface area contributed by atoms with E-state index in [0.29, 0.717) is 23.0 Å². The van der Waals surface area contributed by atoms with Gasteiger partial charge >= 0.3 is 0 Å². The van der Waals surface area contributed by atoms with Crippen LogP contribution in [0.2, 0.25) is 0 Å². The number of aromatic nitrogens is 4. The van der Waals surface area contributed by atoms with Crippen LogP contribution in [0.25, 0.3) is 22.4 Å². The van der Waals surface area contributed by atoms with Crippen molar-refractivity contribution in [2.75, 3.05) is 19.6 Å². The zero-order chi connectivity index (χ0) is 32.0. The fourth-order valence-electron chi connectivity index (χ4n) is 6.15. The van der Waals surface area contributed by atoms with Gasteiger partial charge in [-0.25, -0.2) is 13.8 Å². The van der Waals surface area contributed by atoms with Gasteiger partial charge in [0.2, 0.25) is 0 Å². The van der Waals surface area contributed by atoms with Gasteiger partial charge in [0.05, 0.1) is 18.4 Å². The van der Waals surface area contributed by atoms with Crippen LogP contribution in [0.4, 0.5) is 8.78 Å². The van der Waals surface area contributed by atoms with E-state index in [-0.39, 0.29) is 11.4 Å². The number of likely N-dealkylation sites (N-methyl/N-ethyl adjacent to an activating group) is 1. The van der Waals surface area contributed by atoms with Crippen LogP contribution in [-0.4, -0.2) is 43.6 Å². The summed E-state index contributed by atoms with van der Waals surface area (Å²) < 4.78 is 31.0. The van der Waals surface area contributed by atoms with Gasteiger partial charge in [0.15, 0.2) is 5.16 Å².